The van der Waals surface area contributed by atoms with Crippen LogP contribution in [0, 0.1) is 0 Å². The Morgan fingerprint density at radius 3 is 2.66 bits per heavy atom. The quantitative estimate of drug-likeness (QED) is 0.286. The van der Waals surface area contributed by atoms with Crippen molar-refractivity contribution in [1.29, 1.82) is 0 Å². The largest absolute Gasteiger partial charge is 0.452 e. The Morgan fingerprint density at radius 2 is 2.03 bits per heavy atom. The van der Waals surface area contributed by atoms with Gasteiger partial charge in [-0.3, -0.25) is 0 Å². The maximum absolute atomic E-state index is 14.5. The number of hydrogen-bond acceptors (Lipinski definition) is 6. The number of allylic oxidation sites excluding steroid dienone is 1. The van der Waals surface area contributed by atoms with Crippen molar-refractivity contribution in [3.8, 4) is 17.3 Å². The number of halogens is 4. The summed E-state index contributed by atoms with van der Waals surface area (Å²) >= 11 is 8.68. The molecule has 0 amide bonds. The van der Waals surface area contributed by atoms with E-state index in [1.807, 2.05) is 24.3 Å². The van der Waals surface area contributed by atoms with E-state index in [0.29, 0.717) is 21.9 Å². The van der Waals surface area contributed by atoms with Crippen LogP contribution in [0.1, 0.15) is 24.8 Å². The van der Waals surface area contributed by atoms with Crippen molar-refractivity contribution in [2.24, 2.45) is 5.73 Å². The number of benzene rings is 1. The highest BCUT2D eigenvalue weighted by Gasteiger charge is 2.55. The summed E-state index contributed by atoms with van der Waals surface area (Å²) in [4.78, 5) is 9.10. The molecule has 12 heteroatoms. The molecule has 1 aromatic carbocycles. The third-order valence-electron chi connectivity index (χ3n) is 6.34. The van der Waals surface area contributed by atoms with Crippen LogP contribution in [-0.2, 0) is 4.74 Å². The molecule has 35 heavy (non-hydrogen) atoms. The topological polar surface area (TPSA) is 95.4 Å². The molecule has 1 fully saturated rings. The van der Waals surface area contributed by atoms with E-state index < -0.39 is 24.7 Å². The maximum Gasteiger partial charge on any atom is 0.314 e. The molecule has 0 radical (unpaired) electrons. The SMILES string of the molecule is NC1CC=C(c2ccc(-c3nc4c(cc3Cl)nc(O[C@@H]3CO[C@H](CO)C3(F)F)n4PI)cc2)CC1. The zero-order chi connectivity index (χ0) is 24.7. The van der Waals surface area contributed by atoms with Crippen molar-refractivity contribution in [1.82, 2.24) is 14.3 Å². The second-order valence-electron chi connectivity index (χ2n) is 8.60. The van der Waals surface area contributed by atoms with Crippen molar-refractivity contribution in [3.05, 3.63) is 47.0 Å². The van der Waals surface area contributed by atoms with Crippen LogP contribution < -0.4 is 10.5 Å². The van der Waals surface area contributed by atoms with Crippen molar-refractivity contribution < 1.29 is 23.4 Å². The van der Waals surface area contributed by atoms with E-state index >= 15 is 0 Å². The standard InChI is InChI=1S/C23H23ClF2IN4O3P/c24-16-9-17-21(31(35-27)22(29-17)34-19-11-33-18(10-32)23(19,25)26)30-20(16)14-3-1-12(2-4-14)13-5-7-15(28)8-6-13/h1-5,9,15,18-19,32,35H,6-8,10-11,28H2/t15?,18-,19-/m1/s1. The van der Waals surface area contributed by atoms with Gasteiger partial charge in [-0.2, -0.15) is 13.8 Å². The van der Waals surface area contributed by atoms with Crippen LogP contribution in [0.3, 0.4) is 0 Å². The zero-order valence-electron chi connectivity index (χ0n) is 18.4. The number of hydrogen-bond donors (Lipinski definition) is 2. The van der Waals surface area contributed by atoms with Gasteiger partial charge in [-0.1, -0.05) is 41.9 Å². The fourth-order valence-electron chi connectivity index (χ4n) is 4.32. The molecule has 2 unspecified atom stereocenters. The Bertz CT molecular complexity index is 1270. The molecule has 0 saturated carbocycles. The van der Waals surface area contributed by atoms with E-state index in [1.165, 1.54) is 5.57 Å². The molecule has 1 aliphatic carbocycles. The number of aromatic nitrogens is 3. The summed E-state index contributed by atoms with van der Waals surface area (Å²) in [6.07, 6.45) is 1.94. The van der Waals surface area contributed by atoms with Crippen LogP contribution in [0.25, 0.3) is 28.0 Å². The fraction of sp³-hybridized carbons (Fsp3) is 0.391. The third kappa shape index (κ3) is 4.81. The van der Waals surface area contributed by atoms with Gasteiger partial charge in [-0.05, 0) is 58.5 Å². The first-order chi connectivity index (χ1) is 16.8. The molecule has 186 valence electrons. The fourth-order valence-corrected chi connectivity index (χ4v) is 6.30. The van der Waals surface area contributed by atoms with Crippen LogP contribution >= 0.6 is 40.0 Å². The normalized spacial score (nSPS) is 24.4. The molecular formula is C23H23ClF2IN4O3P. The van der Waals surface area contributed by atoms with Gasteiger partial charge in [0.2, 0.25) is 0 Å². The summed E-state index contributed by atoms with van der Waals surface area (Å²) in [5.74, 6) is -3.34. The minimum absolute atomic E-state index is 0.0121. The van der Waals surface area contributed by atoms with Gasteiger partial charge >= 0.3 is 11.9 Å². The summed E-state index contributed by atoms with van der Waals surface area (Å²) in [7, 11) is 0. The average molecular weight is 635 g/mol. The van der Waals surface area contributed by atoms with Gasteiger partial charge in [0.25, 0.3) is 0 Å². The third-order valence-corrected chi connectivity index (χ3v) is 8.65. The van der Waals surface area contributed by atoms with Crippen LogP contribution in [0.2, 0.25) is 5.02 Å². The first-order valence-electron chi connectivity index (χ1n) is 11.1. The zero-order valence-corrected chi connectivity index (χ0v) is 22.3. The van der Waals surface area contributed by atoms with Crippen LogP contribution in [0.15, 0.2) is 36.4 Å². The molecule has 3 N–H and O–H groups in total. The summed E-state index contributed by atoms with van der Waals surface area (Å²) < 4.78 is 41.2. The number of nitrogens with zero attached hydrogens (tertiary/aromatic N) is 3. The average Bonchev–Trinajstić information content (AvgIpc) is 3.33. The summed E-state index contributed by atoms with van der Waals surface area (Å²) in [5.41, 5.74) is 10.8. The number of pyridine rings is 1. The van der Waals surface area contributed by atoms with Gasteiger partial charge in [0.1, 0.15) is 11.6 Å². The van der Waals surface area contributed by atoms with Crippen LogP contribution in [-0.4, -0.2) is 56.8 Å². The van der Waals surface area contributed by atoms with Gasteiger partial charge in [0, 0.05) is 11.6 Å². The van der Waals surface area contributed by atoms with E-state index in [0.717, 1.165) is 30.4 Å². The van der Waals surface area contributed by atoms with Gasteiger partial charge in [-0.25, -0.2) is 9.32 Å². The van der Waals surface area contributed by atoms with Crippen molar-refractivity contribution in [2.75, 3.05) is 13.2 Å². The van der Waals surface area contributed by atoms with Gasteiger partial charge < -0.3 is 20.3 Å². The molecule has 1 saturated heterocycles. The summed E-state index contributed by atoms with van der Waals surface area (Å²) in [6, 6.07) is 9.95. The Kier molecular flexibility index (Phi) is 7.31. The molecule has 0 spiro atoms. The Hall–Kier alpha value is -1.43. The lowest BCUT2D eigenvalue weighted by molar-refractivity contribution is -0.118. The first-order valence-corrected chi connectivity index (χ1v) is 15.5. The van der Waals surface area contributed by atoms with Gasteiger partial charge in [0.15, 0.2) is 11.8 Å². The number of rotatable bonds is 6. The number of nitrogens with two attached hydrogens (primary N) is 1. The van der Waals surface area contributed by atoms with E-state index in [2.05, 4.69) is 33.1 Å². The van der Waals surface area contributed by atoms with E-state index in [4.69, 9.17) is 36.9 Å². The van der Waals surface area contributed by atoms with E-state index in [-0.39, 0.29) is 25.0 Å². The highest BCUT2D eigenvalue weighted by Crippen LogP contribution is 2.40. The molecule has 2 aliphatic rings. The second-order valence-corrected chi connectivity index (χ2v) is 11.1. The molecule has 5 rings (SSSR count). The second kappa shape index (κ2) is 10.1. The number of aliphatic hydroxyl groups excluding tert-OH is 1. The predicted molar refractivity (Wildman–Crippen MR) is 142 cm³/mol. The molecule has 0 bridgehead atoms. The lowest BCUT2D eigenvalue weighted by Gasteiger charge is -2.21. The van der Waals surface area contributed by atoms with Crippen molar-refractivity contribution in [2.45, 2.75) is 43.4 Å². The molecule has 4 atom stereocenters. The number of alkyl halides is 2. The number of aliphatic hydroxyl groups is 1. The molecule has 1 aliphatic heterocycles. The Balaban J connectivity index is 1.46. The summed E-state index contributed by atoms with van der Waals surface area (Å²) in [6.45, 7) is -1.14. The van der Waals surface area contributed by atoms with E-state index in [9.17, 15) is 8.78 Å². The molecule has 7 nitrogen and oxygen atoms in total. The highest BCUT2D eigenvalue weighted by molar-refractivity contribution is 14.2. The predicted octanol–water partition coefficient (Wildman–Crippen LogP) is 5.21. The monoisotopic (exact) mass is 634 g/mol. The molecular weight excluding hydrogens is 612 g/mol. The van der Waals surface area contributed by atoms with E-state index in [1.54, 1.807) is 10.4 Å². The first kappa shape index (κ1) is 25.2. The minimum atomic E-state index is -3.34. The lowest BCUT2D eigenvalue weighted by atomic mass is 9.90. The lowest BCUT2D eigenvalue weighted by Crippen LogP contribution is -2.43. The van der Waals surface area contributed by atoms with Crippen LogP contribution in [0.5, 0.6) is 6.01 Å². The minimum Gasteiger partial charge on any atom is -0.452 e. The number of fused-ring (bicyclic) bond motifs is 1. The maximum atomic E-state index is 14.5. The number of ether oxygens (including phenoxy) is 2. The van der Waals surface area contributed by atoms with Crippen LogP contribution in [0.4, 0.5) is 8.78 Å². The highest BCUT2D eigenvalue weighted by atomic mass is 127. The Labute approximate surface area is 220 Å². The van der Waals surface area contributed by atoms with Gasteiger partial charge in [-0.15, -0.1) is 0 Å². The van der Waals surface area contributed by atoms with Crippen molar-refractivity contribution >= 4 is 56.8 Å². The number of imidazole rings is 1. The van der Waals surface area contributed by atoms with Crippen molar-refractivity contribution in [3.63, 3.8) is 0 Å². The molecule has 3 aromatic rings. The molecule has 2 aromatic heterocycles. The Morgan fingerprint density at radius 1 is 1.29 bits per heavy atom. The van der Waals surface area contributed by atoms with Gasteiger partial charge in [0.05, 0.1) is 30.3 Å². The molecule has 3 heterocycles. The summed E-state index contributed by atoms with van der Waals surface area (Å²) in [5, 5.41) is 9.56. The smallest absolute Gasteiger partial charge is 0.314 e.